The predicted molar refractivity (Wildman–Crippen MR) is 86.8 cm³/mol. The van der Waals surface area contributed by atoms with Crippen molar-refractivity contribution in [1.29, 1.82) is 0 Å². The van der Waals surface area contributed by atoms with Crippen LogP contribution < -0.4 is 5.32 Å². The van der Waals surface area contributed by atoms with Crippen LogP contribution in [0.4, 0.5) is 5.69 Å². The second kappa shape index (κ2) is 7.56. The molecular weight excluding hydrogens is 318 g/mol. The largest absolute Gasteiger partial charge is 0.454 e. The number of carbonyl (C=O) groups is 3. The quantitative estimate of drug-likeness (QED) is 0.673. The number of rotatable bonds is 5. The van der Waals surface area contributed by atoms with Crippen molar-refractivity contribution >= 4 is 34.9 Å². The molecule has 1 N–H and O–H groups in total. The summed E-state index contributed by atoms with van der Waals surface area (Å²) < 4.78 is 4.98. The maximum Gasteiger partial charge on any atom is 0.338 e. The molecule has 0 heterocycles. The van der Waals surface area contributed by atoms with E-state index in [-0.39, 0.29) is 23.9 Å². The summed E-state index contributed by atoms with van der Waals surface area (Å²) in [5.41, 5.74) is 1.26. The maximum absolute atomic E-state index is 12.0. The maximum atomic E-state index is 12.0. The number of esters is 1. The van der Waals surface area contributed by atoms with E-state index >= 15 is 0 Å². The Bertz CT molecular complexity index is 741. The number of halogens is 1. The molecule has 0 bridgehead atoms. The van der Waals surface area contributed by atoms with E-state index in [0.29, 0.717) is 16.3 Å². The van der Waals surface area contributed by atoms with E-state index in [1.807, 2.05) is 0 Å². The van der Waals surface area contributed by atoms with Crippen LogP contribution in [-0.4, -0.2) is 24.3 Å². The van der Waals surface area contributed by atoms with E-state index in [1.165, 1.54) is 13.0 Å². The summed E-state index contributed by atoms with van der Waals surface area (Å²) in [4.78, 5) is 34.7. The smallest absolute Gasteiger partial charge is 0.338 e. The fourth-order valence-electron chi connectivity index (χ4n) is 1.86. The number of carbonyl (C=O) groups excluding carboxylic acids is 3. The molecule has 23 heavy (non-hydrogen) atoms. The molecule has 0 atom stereocenters. The fourth-order valence-corrected chi connectivity index (χ4v) is 2.05. The van der Waals surface area contributed by atoms with Gasteiger partial charge in [0.15, 0.2) is 12.4 Å². The molecule has 0 aliphatic carbocycles. The molecule has 2 aromatic carbocycles. The van der Waals surface area contributed by atoms with E-state index in [1.54, 1.807) is 42.5 Å². The zero-order valence-electron chi connectivity index (χ0n) is 12.3. The minimum Gasteiger partial charge on any atom is -0.454 e. The van der Waals surface area contributed by atoms with E-state index in [9.17, 15) is 14.4 Å². The Morgan fingerprint density at radius 2 is 1.74 bits per heavy atom. The molecule has 2 rings (SSSR count). The number of hydrogen-bond donors (Lipinski definition) is 1. The third-order valence-electron chi connectivity index (χ3n) is 2.92. The van der Waals surface area contributed by atoms with Gasteiger partial charge in [-0.3, -0.25) is 9.59 Å². The molecule has 0 spiro atoms. The number of benzene rings is 2. The van der Waals surface area contributed by atoms with Gasteiger partial charge in [0.2, 0.25) is 5.91 Å². The van der Waals surface area contributed by atoms with Gasteiger partial charge in [-0.15, -0.1) is 0 Å². The molecule has 1 amide bonds. The molecule has 5 nitrogen and oxygen atoms in total. The summed E-state index contributed by atoms with van der Waals surface area (Å²) in [6, 6.07) is 12.6. The highest BCUT2D eigenvalue weighted by molar-refractivity contribution is 6.30. The first kappa shape index (κ1) is 16.7. The topological polar surface area (TPSA) is 72.5 Å². The highest BCUT2D eigenvalue weighted by atomic mass is 35.5. The standard InChI is InChI=1S/C17H14ClNO4/c1-11(20)19-15-7-5-12(6-8-15)16(21)10-23-17(22)13-3-2-4-14(18)9-13/h2-9H,10H2,1H3,(H,19,20). The van der Waals surface area contributed by atoms with Crippen molar-refractivity contribution in [1.82, 2.24) is 0 Å². The van der Waals surface area contributed by atoms with Crippen LogP contribution in [0, 0.1) is 0 Å². The second-order valence-corrected chi connectivity index (χ2v) is 5.20. The minimum atomic E-state index is -0.615. The number of hydrogen-bond acceptors (Lipinski definition) is 4. The number of ketones is 1. The highest BCUT2D eigenvalue weighted by Gasteiger charge is 2.12. The number of anilines is 1. The number of Topliss-reactive ketones (excluding diaryl/α,β-unsaturated/α-hetero) is 1. The molecular formula is C17H14ClNO4. The Hall–Kier alpha value is -2.66. The van der Waals surface area contributed by atoms with Crippen LogP contribution in [-0.2, 0) is 9.53 Å². The number of nitrogens with one attached hydrogen (secondary N) is 1. The van der Waals surface area contributed by atoms with Crippen molar-refractivity contribution in [2.75, 3.05) is 11.9 Å². The van der Waals surface area contributed by atoms with Crippen LogP contribution in [0.15, 0.2) is 48.5 Å². The molecule has 118 valence electrons. The van der Waals surface area contributed by atoms with Gasteiger partial charge in [0.25, 0.3) is 0 Å². The minimum absolute atomic E-state index is 0.195. The molecule has 2 aromatic rings. The Kier molecular flexibility index (Phi) is 5.49. The zero-order valence-corrected chi connectivity index (χ0v) is 13.1. The first-order valence-corrected chi connectivity index (χ1v) is 7.17. The summed E-state index contributed by atoms with van der Waals surface area (Å²) in [5, 5.41) is 3.02. The average Bonchev–Trinajstić information content (AvgIpc) is 2.52. The number of ether oxygens (including phenoxy) is 1. The summed E-state index contributed by atoms with van der Waals surface area (Å²) in [5.74, 6) is -1.15. The molecule has 0 aliphatic heterocycles. The lowest BCUT2D eigenvalue weighted by atomic mass is 10.1. The van der Waals surface area contributed by atoms with E-state index < -0.39 is 5.97 Å². The number of amides is 1. The summed E-state index contributed by atoms with van der Waals surface area (Å²) in [7, 11) is 0. The molecule has 0 unspecified atom stereocenters. The molecule has 0 saturated carbocycles. The Morgan fingerprint density at radius 1 is 1.04 bits per heavy atom. The summed E-state index contributed by atoms with van der Waals surface area (Å²) in [6.45, 7) is 1.03. The Labute approximate surface area is 138 Å². The molecule has 0 fully saturated rings. The van der Waals surface area contributed by atoms with Crippen molar-refractivity contribution in [2.45, 2.75) is 6.92 Å². The van der Waals surface area contributed by atoms with Crippen LogP contribution in [0.2, 0.25) is 5.02 Å². The molecule has 0 aromatic heterocycles. The van der Waals surface area contributed by atoms with Gasteiger partial charge >= 0.3 is 5.97 Å². The van der Waals surface area contributed by atoms with Crippen molar-refractivity contribution in [3.8, 4) is 0 Å². The van der Waals surface area contributed by atoms with Crippen LogP contribution in [0.5, 0.6) is 0 Å². The molecule has 6 heteroatoms. The third-order valence-corrected chi connectivity index (χ3v) is 3.16. The van der Waals surface area contributed by atoms with E-state index in [2.05, 4.69) is 5.32 Å². The lowest BCUT2D eigenvalue weighted by molar-refractivity contribution is -0.114. The highest BCUT2D eigenvalue weighted by Crippen LogP contribution is 2.13. The van der Waals surface area contributed by atoms with Gasteiger partial charge in [-0.05, 0) is 42.5 Å². The van der Waals surface area contributed by atoms with E-state index in [4.69, 9.17) is 16.3 Å². The third kappa shape index (κ3) is 4.93. The molecule has 0 radical (unpaired) electrons. The van der Waals surface area contributed by atoms with E-state index in [0.717, 1.165) is 0 Å². The Morgan fingerprint density at radius 3 is 2.35 bits per heavy atom. The van der Waals surface area contributed by atoms with Gasteiger partial charge in [0.05, 0.1) is 5.56 Å². The first-order chi connectivity index (χ1) is 11.0. The Balaban J connectivity index is 1.94. The van der Waals surface area contributed by atoms with Crippen molar-refractivity contribution in [3.05, 3.63) is 64.7 Å². The fraction of sp³-hybridized carbons (Fsp3) is 0.118. The second-order valence-electron chi connectivity index (χ2n) is 4.77. The van der Waals surface area contributed by atoms with Crippen LogP contribution >= 0.6 is 11.6 Å². The van der Waals surface area contributed by atoms with Gasteiger partial charge in [0.1, 0.15) is 0 Å². The predicted octanol–water partition coefficient (Wildman–Crippen LogP) is 3.34. The molecule has 0 saturated heterocycles. The van der Waals surface area contributed by atoms with Crippen molar-refractivity contribution in [2.24, 2.45) is 0 Å². The zero-order chi connectivity index (χ0) is 16.8. The van der Waals surface area contributed by atoms with Gasteiger partial charge in [-0.2, -0.15) is 0 Å². The van der Waals surface area contributed by atoms with Crippen LogP contribution in [0.25, 0.3) is 0 Å². The van der Waals surface area contributed by atoms with Gasteiger partial charge in [0, 0.05) is 23.2 Å². The summed E-state index contributed by atoms with van der Waals surface area (Å²) >= 11 is 5.79. The van der Waals surface area contributed by atoms with Crippen LogP contribution in [0.3, 0.4) is 0 Å². The van der Waals surface area contributed by atoms with Gasteiger partial charge in [-0.1, -0.05) is 17.7 Å². The normalized spacial score (nSPS) is 10.0. The van der Waals surface area contributed by atoms with Crippen LogP contribution in [0.1, 0.15) is 27.6 Å². The van der Waals surface area contributed by atoms with Crippen molar-refractivity contribution < 1.29 is 19.1 Å². The van der Waals surface area contributed by atoms with Crippen molar-refractivity contribution in [3.63, 3.8) is 0 Å². The first-order valence-electron chi connectivity index (χ1n) is 6.79. The van der Waals surface area contributed by atoms with Gasteiger partial charge in [-0.25, -0.2) is 4.79 Å². The lowest BCUT2D eigenvalue weighted by Crippen LogP contribution is -2.14. The summed E-state index contributed by atoms with van der Waals surface area (Å²) in [6.07, 6.45) is 0. The monoisotopic (exact) mass is 331 g/mol. The van der Waals surface area contributed by atoms with Gasteiger partial charge < -0.3 is 10.1 Å². The lowest BCUT2D eigenvalue weighted by Gasteiger charge is -2.06. The molecule has 0 aliphatic rings. The SMILES string of the molecule is CC(=O)Nc1ccc(C(=O)COC(=O)c2cccc(Cl)c2)cc1. The average molecular weight is 332 g/mol.